The van der Waals surface area contributed by atoms with Crippen LogP contribution in [0.1, 0.15) is 83.2 Å². The molecule has 39 heavy (non-hydrogen) atoms. The molecule has 0 heterocycles. The second-order valence-electron chi connectivity index (χ2n) is 11.6. The summed E-state index contributed by atoms with van der Waals surface area (Å²) in [5.74, 6) is -1.00. The second kappa shape index (κ2) is 13.3. The van der Waals surface area contributed by atoms with E-state index in [1.54, 1.807) is 31.7 Å². The number of aryl methyl sites for hydroxylation is 3. The van der Waals surface area contributed by atoms with Gasteiger partial charge in [-0.25, -0.2) is 4.79 Å². The topological polar surface area (TPSA) is 87.7 Å². The average molecular weight is 558 g/mol. The molecule has 0 bridgehead atoms. The predicted octanol–water partition coefficient (Wildman–Crippen LogP) is 7.12. The van der Waals surface area contributed by atoms with E-state index in [4.69, 9.17) is 16.3 Å². The number of rotatable bonds is 9. The molecule has 3 unspecified atom stereocenters. The standard InChI is InChI=1S/C31H44ClN3O4/c1-11-22(7)35(29(37)25(18(2)3)34-30(38)39-31(8,9)10)27(23-16-19(4)15-20(5)17-23)28(36)33-26-21(6)13-12-14-24(26)32/h12-18,22,25,27H,11H2,1-10H3,(H,33,36)(H,34,38). The van der Waals surface area contributed by atoms with E-state index in [9.17, 15) is 14.4 Å². The highest BCUT2D eigenvalue weighted by atomic mass is 35.5. The third-order valence-electron chi connectivity index (χ3n) is 6.48. The molecule has 214 valence electrons. The number of ether oxygens (including phenoxy) is 1. The van der Waals surface area contributed by atoms with Crippen LogP contribution in [0.3, 0.4) is 0 Å². The maximum absolute atomic E-state index is 14.3. The first-order valence-corrected chi connectivity index (χ1v) is 13.9. The summed E-state index contributed by atoms with van der Waals surface area (Å²) in [5, 5.41) is 6.17. The fourth-order valence-corrected chi connectivity index (χ4v) is 4.76. The van der Waals surface area contributed by atoms with Gasteiger partial charge in [0.05, 0.1) is 10.7 Å². The molecule has 0 aliphatic rings. The Balaban J connectivity index is 2.65. The van der Waals surface area contributed by atoms with Gasteiger partial charge in [0.2, 0.25) is 5.91 Å². The maximum Gasteiger partial charge on any atom is 0.408 e. The fraction of sp³-hybridized carbons (Fsp3) is 0.516. The molecule has 3 atom stereocenters. The number of carbonyl (C=O) groups is 3. The quantitative estimate of drug-likeness (QED) is 0.343. The number of anilines is 1. The number of halogens is 1. The molecule has 2 rings (SSSR count). The normalized spacial score (nSPS) is 13.8. The monoisotopic (exact) mass is 557 g/mol. The van der Waals surface area contributed by atoms with Crippen LogP contribution in [0.15, 0.2) is 36.4 Å². The molecule has 7 nitrogen and oxygen atoms in total. The number of nitrogens with zero attached hydrogens (tertiary/aromatic N) is 1. The van der Waals surface area contributed by atoms with Gasteiger partial charge in [-0.05, 0) is 78.0 Å². The average Bonchev–Trinajstić information content (AvgIpc) is 2.80. The van der Waals surface area contributed by atoms with E-state index in [2.05, 4.69) is 10.6 Å². The zero-order chi connectivity index (χ0) is 29.7. The molecule has 0 radical (unpaired) electrons. The van der Waals surface area contributed by atoms with E-state index in [0.717, 1.165) is 16.7 Å². The number of hydrogen-bond acceptors (Lipinski definition) is 4. The van der Waals surface area contributed by atoms with Gasteiger partial charge in [-0.3, -0.25) is 9.59 Å². The van der Waals surface area contributed by atoms with Crippen LogP contribution in [-0.4, -0.2) is 40.5 Å². The van der Waals surface area contributed by atoms with Gasteiger partial charge < -0.3 is 20.3 Å². The highest BCUT2D eigenvalue weighted by molar-refractivity contribution is 6.34. The number of alkyl carbamates (subject to hydrolysis) is 1. The van der Waals surface area contributed by atoms with Gasteiger partial charge in [-0.15, -0.1) is 0 Å². The smallest absolute Gasteiger partial charge is 0.408 e. The summed E-state index contributed by atoms with van der Waals surface area (Å²) in [6.45, 7) is 18.7. The molecular weight excluding hydrogens is 514 g/mol. The van der Waals surface area contributed by atoms with Crippen molar-refractivity contribution < 1.29 is 19.1 Å². The molecule has 0 saturated carbocycles. The van der Waals surface area contributed by atoms with Crippen molar-refractivity contribution in [3.8, 4) is 0 Å². The van der Waals surface area contributed by atoms with Crippen molar-refractivity contribution in [3.05, 3.63) is 63.7 Å². The third kappa shape index (κ3) is 8.72. The van der Waals surface area contributed by atoms with Crippen molar-refractivity contribution in [1.29, 1.82) is 0 Å². The summed E-state index contributed by atoms with van der Waals surface area (Å²) in [4.78, 5) is 42.8. The molecule has 3 amide bonds. The Bertz CT molecular complexity index is 1150. The lowest BCUT2D eigenvalue weighted by Gasteiger charge is -2.39. The zero-order valence-electron chi connectivity index (χ0n) is 24.9. The predicted molar refractivity (Wildman–Crippen MR) is 158 cm³/mol. The van der Waals surface area contributed by atoms with Crippen molar-refractivity contribution in [2.75, 3.05) is 5.32 Å². The molecule has 0 aliphatic heterocycles. The van der Waals surface area contributed by atoms with Gasteiger partial charge in [0.25, 0.3) is 5.91 Å². The van der Waals surface area contributed by atoms with Gasteiger partial charge in [0.1, 0.15) is 17.7 Å². The van der Waals surface area contributed by atoms with Gasteiger partial charge >= 0.3 is 6.09 Å². The van der Waals surface area contributed by atoms with Gasteiger partial charge in [-0.2, -0.15) is 0 Å². The first-order valence-electron chi connectivity index (χ1n) is 13.5. The molecule has 2 aromatic rings. The van der Waals surface area contributed by atoms with E-state index < -0.39 is 23.8 Å². The van der Waals surface area contributed by atoms with Crippen LogP contribution in [0.2, 0.25) is 5.02 Å². The fourth-order valence-electron chi connectivity index (χ4n) is 4.49. The van der Waals surface area contributed by atoms with Crippen LogP contribution in [0.4, 0.5) is 10.5 Å². The molecule has 0 aromatic heterocycles. The van der Waals surface area contributed by atoms with Gasteiger partial charge in [0, 0.05) is 6.04 Å². The maximum atomic E-state index is 14.3. The van der Waals surface area contributed by atoms with Crippen LogP contribution in [0.25, 0.3) is 0 Å². The summed E-state index contributed by atoms with van der Waals surface area (Å²) in [6.07, 6.45) is -0.0828. The van der Waals surface area contributed by atoms with Gasteiger partial charge in [0.15, 0.2) is 0 Å². The summed E-state index contributed by atoms with van der Waals surface area (Å²) in [7, 11) is 0. The molecule has 0 fully saturated rings. The number of para-hydroxylation sites is 1. The van der Waals surface area contributed by atoms with E-state index in [1.807, 2.05) is 78.8 Å². The minimum absolute atomic E-state index is 0.259. The summed E-state index contributed by atoms with van der Waals surface area (Å²) in [5.41, 5.74) is 3.22. The van der Waals surface area contributed by atoms with Crippen LogP contribution in [0, 0.1) is 26.7 Å². The largest absolute Gasteiger partial charge is 0.444 e. The lowest BCUT2D eigenvalue weighted by molar-refractivity contribution is -0.144. The van der Waals surface area contributed by atoms with E-state index in [-0.39, 0.29) is 23.8 Å². The van der Waals surface area contributed by atoms with Crippen LogP contribution in [0.5, 0.6) is 0 Å². The minimum atomic E-state index is -0.969. The highest BCUT2D eigenvalue weighted by Gasteiger charge is 2.40. The first kappa shape index (κ1) is 32.2. The molecule has 8 heteroatoms. The zero-order valence-corrected chi connectivity index (χ0v) is 25.7. The van der Waals surface area contributed by atoms with Crippen molar-refractivity contribution in [2.24, 2.45) is 5.92 Å². The Morgan fingerprint density at radius 2 is 1.59 bits per heavy atom. The molecule has 0 saturated heterocycles. The first-order chi connectivity index (χ1) is 18.0. The Morgan fingerprint density at radius 3 is 2.08 bits per heavy atom. The Hall–Kier alpha value is -3.06. The number of carbonyl (C=O) groups excluding carboxylic acids is 3. The van der Waals surface area contributed by atoms with E-state index in [0.29, 0.717) is 22.7 Å². The van der Waals surface area contributed by atoms with Gasteiger partial charge in [-0.1, -0.05) is 73.8 Å². The number of nitrogens with one attached hydrogen (secondary N) is 2. The molecule has 2 N–H and O–H groups in total. The van der Waals surface area contributed by atoms with Crippen molar-refractivity contribution in [1.82, 2.24) is 10.2 Å². The van der Waals surface area contributed by atoms with Crippen LogP contribution < -0.4 is 10.6 Å². The molecule has 0 aliphatic carbocycles. The van der Waals surface area contributed by atoms with Crippen molar-refractivity contribution in [2.45, 2.75) is 99.4 Å². The molecule has 0 spiro atoms. The third-order valence-corrected chi connectivity index (χ3v) is 6.80. The molecular formula is C31H44ClN3O4. The second-order valence-corrected chi connectivity index (χ2v) is 12.0. The summed E-state index contributed by atoms with van der Waals surface area (Å²) >= 11 is 6.45. The van der Waals surface area contributed by atoms with Crippen LogP contribution >= 0.6 is 11.6 Å². The Morgan fingerprint density at radius 1 is 1.00 bits per heavy atom. The Kier molecular flexibility index (Phi) is 11.0. The summed E-state index contributed by atoms with van der Waals surface area (Å²) in [6, 6.07) is 9.07. The summed E-state index contributed by atoms with van der Waals surface area (Å²) < 4.78 is 5.45. The van der Waals surface area contributed by atoms with Crippen molar-refractivity contribution in [3.63, 3.8) is 0 Å². The SMILES string of the molecule is CCC(C)N(C(=O)C(NC(=O)OC(C)(C)C)C(C)C)C(C(=O)Nc1c(C)cccc1Cl)c1cc(C)cc(C)c1. The lowest BCUT2D eigenvalue weighted by atomic mass is 9.94. The molecule has 2 aromatic carbocycles. The van der Waals surface area contributed by atoms with Crippen LogP contribution in [-0.2, 0) is 14.3 Å². The number of benzene rings is 2. The Labute approximate surface area is 238 Å². The highest BCUT2D eigenvalue weighted by Crippen LogP contribution is 2.32. The number of amides is 3. The number of hydrogen-bond donors (Lipinski definition) is 2. The minimum Gasteiger partial charge on any atom is -0.444 e. The lowest BCUT2D eigenvalue weighted by Crippen LogP contribution is -2.56. The van der Waals surface area contributed by atoms with E-state index >= 15 is 0 Å². The van der Waals surface area contributed by atoms with E-state index in [1.165, 1.54) is 0 Å². The van der Waals surface area contributed by atoms with Crippen molar-refractivity contribution >= 4 is 35.2 Å².